The maximum Gasteiger partial charge on any atom is 0.306 e. The van der Waals surface area contributed by atoms with Gasteiger partial charge in [0.25, 0.3) is 0 Å². The number of hydrogen-bond donors (Lipinski definition) is 0. The predicted octanol–water partition coefficient (Wildman–Crippen LogP) is 3.38. The van der Waals surface area contributed by atoms with Crippen molar-refractivity contribution in [2.45, 2.75) is 76.6 Å². The Morgan fingerprint density at radius 3 is 2.78 bits per heavy atom. The molecule has 18 heavy (non-hydrogen) atoms. The molecule has 0 spiro atoms. The van der Waals surface area contributed by atoms with Gasteiger partial charge in [0.1, 0.15) is 6.10 Å². The first kappa shape index (κ1) is 13.6. The number of unbranched alkanes of at least 4 members (excludes halogenated alkanes) is 1. The van der Waals surface area contributed by atoms with Crippen LogP contribution in [0.5, 0.6) is 0 Å². The van der Waals surface area contributed by atoms with E-state index in [4.69, 9.17) is 9.47 Å². The second-order valence-electron chi connectivity index (χ2n) is 5.48. The second-order valence-corrected chi connectivity index (χ2v) is 5.48. The number of hydrogen-bond acceptors (Lipinski definition) is 3. The van der Waals surface area contributed by atoms with Crippen molar-refractivity contribution in [3.63, 3.8) is 0 Å². The van der Waals surface area contributed by atoms with Crippen molar-refractivity contribution in [3.8, 4) is 0 Å². The molecule has 0 amide bonds. The maximum atomic E-state index is 11.0. The fourth-order valence-electron chi connectivity index (χ4n) is 2.80. The summed E-state index contributed by atoms with van der Waals surface area (Å²) >= 11 is 0. The Kier molecular flexibility index (Phi) is 4.81. The Hall–Kier alpha value is -0.830. The van der Waals surface area contributed by atoms with Crippen LogP contribution in [0.2, 0.25) is 0 Å². The average Bonchev–Trinajstić information content (AvgIpc) is 2.90. The third kappa shape index (κ3) is 3.58. The van der Waals surface area contributed by atoms with Gasteiger partial charge in [0.05, 0.1) is 12.2 Å². The molecule has 0 radical (unpaired) electrons. The summed E-state index contributed by atoms with van der Waals surface area (Å²) in [4.78, 5) is 11.0. The third-order valence-electron chi connectivity index (χ3n) is 3.90. The quantitative estimate of drug-likeness (QED) is 0.537. The highest BCUT2D eigenvalue weighted by molar-refractivity contribution is 5.71. The van der Waals surface area contributed by atoms with E-state index in [-0.39, 0.29) is 18.2 Å². The lowest BCUT2D eigenvalue weighted by molar-refractivity contribution is -0.141. The SMILES string of the molecule is C=C1C[C@H](CCCC)O[C@H]1CC[C@@H]1CCC(=O)O1. The molecule has 0 bridgehead atoms. The minimum Gasteiger partial charge on any atom is -0.462 e. The number of cyclic esters (lactones) is 1. The molecule has 0 aromatic carbocycles. The number of carbonyl (C=O) groups excluding carboxylic acids is 1. The summed E-state index contributed by atoms with van der Waals surface area (Å²) in [6.07, 6.45) is 8.57. The van der Waals surface area contributed by atoms with Gasteiger partial charge in [0, 0.05) is 6.42 Å². The monoisotopic (exact) mass is 252 g/mol. The Bertz CT molecular complexity index is 311. The maximum absolute atomic E-state index is 11.0. The van der Waals surface area contributed by atoms with E-state index >= 15 is 0 Å². The first-order chi connectivity index (χ1) is 8.69. The first-order valence-corrected chi connectivity index (χ1v) is 7.21. The zero-order valence-corrected chi connectivity index (χ0v) is 11.3. The van der Waals surface area contributed by atoms with Gasteiger partial charge in [-0.25, -0.2) is 0 Å². The van der Waals surface area contributed by atoms with Gasteiger partial charge in [-0.15, -0.1) is 0 Å². The van der Waals surface area contributed by atoms with Crippen LogP contribution < -0.4 is 0 Å². The van der Waals surface area contributed by atoms with Crippen LogP contribution >= 0.6 is 0 Å². The van der Waals surface area contributed by atoms with E-state index in [0.29, 0.717) is 12.5 Å². The molecular weight excluding hydrogens is 228 g/mol. The largest absolute Gasteiger partial charge is 0.462 e. The summed E-state index contributed by atoms with van der Waals surface area (Å²) in [5.41, 5.74) is 1.22. The smallest absolute Gasteiger partial charge is 0.306 e. The van der Waals surface area contributed by atoms with E-state index < -0.39 is 0 Å². The molecule has 3 heteroatoms. The van der Waals surface area contributed by atoms with E-state index in [1.807, 2.05) is 0 Å². The van der Waals surface area contributed by atoms with Crippen LogP contribution in [0.1, 0.15) is 58.3 Å². The van der Waals surface area contributed by atoms with Crippen LogP contribution in [0.25, 0.3) is 0 Å². The van der Waals surface area contributed by atoms with Gasteiger partial charge in [0.15, 0.2) is 0 Å². The number of esters is 1. The lowest BCUT2D eigenvalue weighted by atomic mass is 10.0. The molecule has 2 rings (SSSR count). The molecule has 0 saturated carbocycles. The molecule has 2 saturated heterocycles. The Morgan fingerprint density at radius 2 is 2.11 bits per heavy atom. The predicted molar refractivity (Wildman–Crippen MR) is 70.3 cm³/mol. The number of carbonyl (C=O) groups is 1. The van der Waals surface area contributed by atoms with Crippen molar-refractivity contribution >= 4 is 5.97 Å². The van der Waals surface area contributed by atoms with Crippen LogP contribution in [-0.2, 0) is 14.3 Å². The first-order valence-electron chi connectivity index (χ1n) is 7.21. The van der Waals surface area contributed by atoms with Crippen LogP contribution in [0, 0.1) is 0 Å². The third-order valence-corrected chi connectivity index (χ3v) is 3.90. The normalized spacial score (nSPS) is 31.9. The van der Waals surface area contributed by atoms with Crippen molar-refractivity contribution in [2.75, 3.05) is 0 Å². The summed E-state index contributed by atoms with van der Waals surface area (Å²) in [6.45, 7) is 6.33. The van der Waals surface area contributed by atoms with Crippen LogP contribution in [-0.4, -0.2) is 24.3 Å². The van der Waals surface area contributed by atoms with E-state index in [2.05, 4.69) is 13.5 Å². The molecule has 0 N–H and O–H groups in total. The fourth-order valence-corrected chi connectivity index (χ4v) is 2.80. The molecule has 0 aromatic heterocycles. The minimum atomic E-state index is -0.0491. The van der Waals surface area contributed by atoms with Crippen molar-refractivity contribution in [1.82, 2.24) is 0 Å². The fraction of sp³-hybridized carbons (Fsp3) is 0.800. The highest BCUT2D eigenvalue weighted by Gasteiger charge is 2.30. The molecule has 2 heterocycles. The van der Waals surface area contributed by atoms with Gasteiger partial charge in [-0.1, -0.05) is 26.3 Å². The average molecular weight is 252 g/mol. The van der Waals surface area contributed by atoms with Gasteiger partial charge < -0.3 is 9.47 Å². The molecule has 2 aliphatic rings. The highest BCUT2D eigenvalue weighted by Crippen LogP contribution is 2.31. The van der Waals surface area contributed by atoms with Crippen molar-refractivity contribution in [3.05, 3.63) is 12.2 Å². The summed E-state index contributed by atoms with van der Waals surface area (Å²) < 4.78 is 11.2. The molecule has 0 aliphatic carbocycles. The van der Waals surface area contributed by atoms with Crippen LogP contribution in [0.4, 0.5) is 0 Å². The van der Waals surface area contributed by atoms with Crippen LogP contribution in [0.15, 0.2) is 12.2 Å². The molecular formula is C15H24O3. The summed E-state index contributed by atoms with van der Waals surface area (Å²) in [5, 5.41) is 0. The Morgan fingerprint density at radius 1 is 1.28 bits per heavy atom. The van der Waals surface area contributed by atoms with Crippen molar-refractivity contribution < 1.29 is 14.3 Å². The molecule has 0 unspecified atom stereocenters. The molecule has 2 fully saturated rings. The zero-order chi connectivity index (χ0) is 13.0. The van der Waals surface area contributed by atoms with Gasteiger partial charge in [0.2, 0.25) is 0 Å². The standard InChI is InChI=1S/C15H24O3/c1-3-4-5-13-10-11(2)14(17-13)8-6-12-7-9-15(16)18-12/h12-14H,2-10H2,1H3/t12-,13+,14+/m1/s1. The van der Waals surface area contributed by atoms with E-state index in [0.717, 1.165) is 32.1 Å². The summed E-state index contributed by atoms with van der Waals surface area (Å²) in [5.74, 6) is -0.0491. The van der Waals surface area contributed by atoms with E-state index in [9.17, 15) is 4.79 Å². The molecule has 3 nitrogen and oxygen atoms in total. The van der Waals surface area contributed by atoms with Gasteiger partial charge in [-0.2, -0.15) is 0 Å². The summed E-state index contributed by atoms with van der Waals surface area (Å²) in [6, 6.07) is 0. The summed E-state index contributed by atoms with van der Waals surface area (Å²) in [7, 11) is 0. The topological polar surface area (TPSA) is 35.5 Å². The molecule has 2 aliphatic heterocycles. The second kappa shape index (κ2) is 6.37. The molecule has 102 valence electrons. The van der Waals surface area contributed by atoms with Gasteiger partial charge in [-0.3, -0.25) is 4.79 Å². The zero-order valence-electron chi connectivity index (χ0n) is 11.3. The number of ether oxygens (including phenoxy) is 2. The number of rotatable bonds is 6. The lowest BCUT2D eigenvalue weighted by Gasteiger charge is -2.15. The Labute approximate surface area is 110 Å². The lowest BCUT2D eigenvalue weighted by Crippen LogP contribution is -2.15. The highest BCUT2D eigenvalue weighted by atomic mass is 16.5. The minimum absolute atomic E-state index is 0.0491. The Balaban J connectivity index is 1.69. The van der Waals surface area contributed by atoms with Crippen molar-refractivity contribution in [2.24, 2.45) is 0 Å². The van der Waals surface area contributed by atoms with Gasteiger partial charge >= 0.3 is 5.97 Å². The van der Waals surface area contributed by atoms with Gasteiger partial charge in [-0.05, 0) is 37.7 Å². The van der Waals surface area contributed by atoms with Crippen LogP contribution in [0.3, 0.4) is 0 Å². The molecule has 0 aromatic rings. The van der Waals surface area contributed by atoms with E-state index in [1.165, 1.54) is 18.4 Å². The van der Waals surface area contributed by atoms with Crippen molar-refractivity contribution in [1.29, 1.82) is 0 Å². The molecule has 3 atom stereocenters. The van der Waals surface area contributed by atoms with E-state index in [1.54, 1.807) is 0 Å².